The first-order valence-electron chi connectivity index (χ1n) is 7.99. The smallest absolute Gasteiger partial charge is 0.251 e. The summed E-state index contributed by atoms with van der Waals surface area (Å²) < 4.78 is 18.7. The lowest BCUT2D eigenvalue weighted by atomic mass is 9.97. The maximum atomic E-state index is 13.2. The molecule has 5 nitrogen and oxygen atoms in total. The van der Waals surface area contributed by atoms with Crippen LogP contribution >= 0.6 is 0 Å². The lowest BCUT2D eigenvalue weighted by Gasteiger charge is -2.38. The summed E-state index contributed by atoms with van der Waals surface area (Å²) in [6.07, 6.45) is 3.43. The van der Waals surface area contributed by atoms with E-state index >= 15 is 0 Å². The molecule has 2 amide bonds. The number of benzene rings is 1. The minimum atomic E-state index is -0.774. The molecular formula is C17H21FN2O3. The summed E-state index contributed by atoms with van der Waals surface area (Å²) in [6.45, 7) is -0.114. The Bertz CT molecular complexity index is 584. The molecule has 1 N–H and O–H groups in total. The molecule has 0 spiro atoms. The molecule has 1 aromatic rings. The van der Waals surface area contributed by atoms with Crippen molar-refractivity contribution in [3.05, 3.63) is 35.6 Å². The molecule has 124 valence electrons. The molecule has 0 bridgehead atoms. The van der Waals surface area contributed by atoms with E-state index in [-0.39, 0.29) is 30.3 Å². The fourth-order valence-electron chi connectivity index (χ4n) is 3.34. The number of hydrogen-bond donors (Lipinski definition) is 1. The summed E-state index contributed by atoms with van der Waals surface area (Å²) in [5.41, 5.74) is 0.688. The standard InChI is InChI=1S/C17H21FN2O3/c1-20-14(21)10-23-16(17(22)19-13-4-2-3-5-13)15(20)11-6-8-12(18)9-7-11/h6-9,13,15-16H,2-5,10H2,1H3,(H,19,22). The average Bonchev–Trinajstić information content (AvgIpc) is 3.04. The summed E-state index contributed by atoms with van der Waals surface area (Å²) in [7, 11) is 1.65. The Morgan fingerprint density at radius 3 is 2.57 bits per heavy atom. The number of morpholine rings is 1. The van der Waals surface area contributed by atoms with Crippen LogP contribution in [0.1, 0.15) is 37.3 Å². The lowest BCUT2D eigenvalue weighted by Crippen LogP contribution is -2.54. The highest BCUT2D eigenvalue weighted by molar-refractivity contribution is 5.86. The zero-order chi connectivity index (χ0) is 16.4. The third kappa shape index (κ3) is 3.37. The van der Waals surface area contributed by atoms with Gasteiger partial charge < -0.3 is 15.0 Å². The largest absolute Gasteiger partial charge is 0.356 e. The van der Waals surface area contributed by atoms with Crippen molar-refractivity contribution in [2.24, 2.45) is 0 Å². The highest BCUT2D eigenvalue weighted by atomic mass is 19.1. The number of rotatable bonds is 3. The minimum absolute atomic E-state index is 0.114. The van der Waals surface area contributed by atoms with Gasteiger partial charge in [0, 0.05) is 13.1 Å². The van der Waals surface area contributed by atoms with E-state index in [9.17, 15) is 14.0 Å². The number of nitrogens with zero attached hydrogens (tertiary/aromatic N) is 1. The third-order valence-electron chi connectivity index (χ3n) is 4.66. The molecule has 2 aliphatic rings. The van der Waals surface area contributed by atoms with Gasteiger partial charge >= 0.3 is 0 Å². The van der Waals surface area contributed by atoms with Crippen LogP contribution in [0, 0.1) is 5.82 Å². The molecule has 23 heavy (non-hydrogen) atoms. The predicted octanol–water partition coefficient (Wildman–Crippen LogP) is 1.78. The van der Waals surface area contributed by atoms with Crippen molar-refractivity contribution in [1.82, 2.24) is 10.2 Å². The van der Waals surface area contributed by atoms with Crippen LogP contribution in [0.5, 0.6) is 0 Å². The van der Waals surface area contributed by atoms with Crippen molar-refractivity contribution in [2.45, 2.75) is 43.9 Å². The first-order valence-corrected chi connectivity index (χ1v) is 7.99. The van der Waals surface area contributed by atoms with Crippen LogP contribution in [0.15, 0.2) is 24.3 Å². The van der Waals surface area contributed by atoms with E-state index in [0.717, 1.165) is 25.7 Å². The van der Waals surface area contributed by atoms with E-state index in [2.05, 4.69) is 5.32 Å². The van der Waals surface area contributed by atoms with Crippen molar-refractivity contribution in [1.29, 1.82) is 0 Å². The number of carbonyl (C=O) groups excluding carboxylic acids is 2. The molecular weight excluding hydrogens is 299 g/mol. The van der Waals surface area contributed by atoms with E-state index in [1.54, 1.807) is 19.2 Å². The highest BCUT2D eigenvalue weighted by Gasteiger charge is 2.40. The van der Waals surface area contributed by atoms with Crippen LogP contribution in [-0.4, -0.2) is 42.5 Å². The molecule has 1 heterocycles. The quantitative estimate of drug-likeness (QED) is 0.923. The summed E-state index contributed by atoms with van der Waals surface area (Å²) in [5.74, 6) is -0.749. The van der Waals surface area contributed by atoms with Gasteiger partial charge in [0.05, 0.1) is 6.04 Å². The zero-order valence-electron chi connectivity index (χ0n) is 13.1. The maximum Gasteiger partial charge on any atom is 0.251 e. The third-order valence-corrected chi connectivity index (χ3v) is 4.66. The topological polar surface area (TPSA) is 58.6 Å². The van der Waals surface area contributed by atoms with Crippen molar-refractivity contribution in [3.63, 3.8) is 0 Å². The normalized spacial score (nSPS) is 25.7. The van der Waals surface area contributed by atoms with Crippen LogP contribution in [0.3, 0.4) is 0 Å². The van der Waals surface area contributed by atoms with Gasteiger partial charge in [0.1, 0.15) is 12.4 Å². The Morgan fingerprint density at radius 1 is 1.26 bits per heavy atom. The maximum absolute atomic E-state index is 13.2. The molecule has 2 fully saturated rings. The average molecular weight is 320 g/mol. The van der Waals surface area contributed by atoms with Crippen molar-refractivity contribution >= 4 is 11.8 Å². The molecule has 6 heteroatoms. The molecule has 1 aliphatic carbocycles. The van der Waals surface area contributed by atoms with E-state index in [0.29, 0.717) is 5.56 Å². The van der Waals surface area contributed by atoms with Gasteiger partial charge in [-0.3, -0.25) is 9.59 Å². The van der Waals surface area contributed by atoms with Crippen molar-refractivity contribution in [2.75, 3.05) is 13.7 Å². The second kappa shape index (κ2) is 6.66. The minimum Gasteiger partial charge on any atom is -0.356 e. The molecule has 1 aliphatic heterocycles. The Labute approximate surface area is 134 Å². The number of hydrogen-bond acceptors (Lipinski definition) is 3. The Balaban J connectivity index is 1.81. The van der Waals surface area contributed by atoms with Gasteiger partial charge in [-0.1, -0.05) is 25.0 Å². The van der Waals surface area contributed by atoms with Gasteiger partial charge in [0.25, 0.3) is 5.91 Å². The Hall–Kier alpha value is -1.95. The van der Waals surface area contributed by atoms with Gasteiger partial charge in [-0.15, -0.1) is 0 Å². The molecule has 1 aromatic carbocycles. The van der Waals surface area contributed by atoms with E-state index in [4.69, 9.17) is 4.74 Å². The number of halogens is 1. The van der Waals surface area contributed by atoms with E-state index in [1.165, 1.54) is 17.0 Å². The molecule has 3 rings (SSSR count). The van der Waals surface area contributed by atoms with Crippen molar-refractivity contribution < 1.29 is 18.7 Å². The van der Waals surface area contributed by atoms with Crippen LogP contribution in [0.2, 0.25) is 0 Å². The van der Waals surface area contributed by atoms with Gasteiger partial charge in [0.2, 0.25) is 5.91 Å². The molecule has 1 saturated carbocycles. The van der Waals surface area contributed by atoms with Crippen LogP contribution in [0.4, 0.5) is 4.39 Å². The number of ether oxygens (including phenoxy) is 1. The highest BCUT2D eigenvalue weighted by Crippen LogP contribution is 2.30. The second-order valence-corrected chi connectivity index (χ2v) is 6.22. The second-order valence-electron chi connectivity index (χ2n) is 6.22. The lowest BCUT2D eigenvalue weighted by molar-refractivity contribution is -0.162. The summed E-state index contributed by atoms with van der Waals surface area (Å²) in [6, 6.07) is 5.48. The molecule has 0 radical (unpaired) electrons. The fraction of sp³-hybridized carbons (Fsp3) is 0.529. The summed E-state index contributed by atoms with van der Waals surface area (Å²) in [4.78, 5) is 26.1. The van der Waals surface area contributed by atoms with Gasteiger partial charge in [0.15, 0.2) is 6.10 Å². The molecule has 1 saturated heterocycles. The Morgan fingerprint density at radius 2 is 1.91 bits per heavy atom. The van der Waals surface area contributed by atoms with Gasteiger partial charge in [-0.25, -0.2) is 4.39 Å². The van der Waals surface area contributed by atoms with Crippen LogP contribution < -0.4 is 5.32 Å². The molecule has 0 aromatic heterocycles. The van der Waals surface area contributed by atoms with Crippen LogP contribution in [-0.2, 0) is 14.3 Å². The SMILES string of the molecule is CN1C(=O)COC(C(=O)NC2CCCC2)C1c1ccc(F)cc1. The molecule has 2 unspecified atom stereocenters. The molecule has 2 atom stereocenters. The number of amides is 2. The zero-order valence-corrected chi connectivity index (χ0v) is 13.1. The van der Waals surface area contributed by atoms with E-state index < -0.39 is 12.1 Å². The number of likely N-dealkylation sites (N-methyl/N-ethyl adjacent to an activating group) is 1. The van der Waals surface area contributed by atoms with Crippen LogP contribution in [0.25, 0.3) is 0 Å². The number of nitrogens with one attached hydrogen (secondary N) is 1. The summed E-state index contributed by atoms with van der Waals surface area (Å²) in [5, 5.41) is 3.02. The fourth-order valence-corrected chi connectivity index (χ4v) is 3.34. The van der Waals surface area contributed by atoms with Gasteiger partial charge in [-0.2, -0.15) is 0 Å². The Kier molecular flexibility index (Phi) is 4.61. The first kappa shape index (κ1) is 15.9. The van der Waals surface area contributed by atoms with Gasteiger partial charge in [-0.05, 0) is 30.5 Å². The van der Waals surface area contributed by atoms with Crippen molar-refractivity contribution in [3.8, 4) is 0 Å². The predicted molar refractivity (Wildman–Crippen MR) is 82.0 cm³/mol. The first-order chi connectivity index (χ1) is 11.1. The van der Waals surface area contributed by atoms with E-state index in [1.807, 2.05) is 0 Å². The number of carbonyl (C=O) groups is 2. The summed E-state index contributed by atoms with van der Waals surface area (Å²) >= 11 is 0. The monoisotopic (exact) mass is 320 g/mol.